The minimum absolute atomic E-state index is 0.141. The number of halogens is 1. The molecule has 1 aliphatic heterocycles. The summed E-state index contributed by atoms with van der Waals surface area (Å²) in [7, 11) is 0. The van der Waals surface area contributed by atoms with Gasteiger partial charge in [0.15, 0.2) is 0 Å². The Labute approximate surface area is 110 Å². The van der Waals surface area contributed by atoms with Crippen molar-refractivity contribution >= 4 is 27.6 Å². The molecule has 0 radical (unpaired) electrons. The molecule has 1 fully saturated rings. The van der Waals surface area contributed by atoms with Crippen LogP contribution >= 0.6 is 15.9 Å². The van der Waals surface area contributed by atoms with Crippen molar-refractivity contribution in [1.82, 2.24) is 0 Å². The molecule has 0 saturated carbocycles. The van der Waals surface area contributed by atoms with Gasteiger partial charge in [-0.15, -0.1) is 0 Å². The summed E-state index contributed by atoms with van der Waals surface area (Å²) in [6.45, 7) is 0.958. The summed E-state index contributed by atoms with van der Waals surface area (Å²) in [6.07, 6.45) is 3.48. The van der Waals surface area contributed by atoms with Gasteiger partial charge < -0.3 is 10.0 Å². The maximum absolute atomic E-state index is 10.9. The lowest BCUT2D eigenvalue weighted by molar-refractivity contribution is -0.137. The molecule has 0 amide bonds. The molecule has 1 unspecified atom stereocenters. The van der Waals surface area contributed by atoms with Gasteiger partial charge in [0.2, 0.25) is 0 Å². The van der Waals surface area contributed by atoms with Gasteiger partial charge in [0.25, 0.3) is 0 Å². The topological polar surface area (TPSA) is 40.5 Å². The smallest absolute Gasteiger partial charge is 0.305 e. The van der Waals surface area contributed by atoms with Crippen molar-refractivity contribution < 1.29 is 9.90 Å². The van der Waals surface area contributed by atoms with Gasteiger partial charge >= 0.3 is 5.97 Å². The molecule has 0 aromatic heterocycles. The van der Waals surface area contributed by atoms with Crippen molar-refractivity contribution in [3.05, 3.63) is 28.7 Å². The first-order valence-electron chi connectivity index (χ1n) is 5.91. The highest BCUT2D eigenvalue weighted by Crippen LogP contribution is 2.27. The Hall–Kier alpha value is -1.03. The fourth-order valence-electron chi connectivity index (χ4n) is 2.39. The first-order chi connectivity index (χ1) is 8.16. The second-order valence-corrected chi connectivity index (χ2v) is 5.33. The fourth-order valence-corrected chi connectivity index (χ4v) is 2.65. The lowest BCUT2D eigenvalue weighted by Gasteiger charge is -2.36. The van der Waals surface area contributed by atoms with Crippen LogP contribution in [0.15, 0.2) is 28.7 Å². The Bertz CT molecular complexity index is 391. The molecule has 17 heavy (non-hydrogen) atoms. The summed E-state index contributed by atoms with van der Waals surface area (Å²) in [5, 5.41) is 8.94. The maximum Gasteiger partial charge on any atom is 0.305 e. The molecular formula is C13H16BrNO2. The van der Waals surface area contributed by atoms with Crippen LogP contribution in [0.25, 0.3) is 0 Å². The number of benzene rings is 1. The van der Waals surface area contributed by atoms with Crippen molar-refractivity contribution in [2.75, 3.05) is 11.4 Å². The van der Waals surface area contributed by atoms with E-state index in [0.717, 1.165) is 36.0 Å². The minimum Gasteiger partial charge on any atom is -0.481 e. The number of anilines is 1. The first-order valence-corrected chi connectivity index (χ1v) is 6.70. The van der Waals surface area contributed by atoms with Crippen LogP contribution in [-0.4, -0.2) is 23.7 Å². The van der Waals surface area contributed by atoms with Crippen LogP contribution in [0.4, 0.5) is 5.69 Å². The summed E-state index contributed by atoms with van der Waals surface area (Å²) in [4.78, 5) is 13.1. The minimum atomic E-state index is -0.709. The molecule has 0 spiro atoms. The van der Waals surface area contributed by atoms with E-state index in [1.165, 1.54) is 0 Å². The van der Waals surface area contributed by atoms with Crippen LogP contribution in [0.1, 0.15) is 25.7 Å². The van der Waals surface area contributed by atoms with E-state index in [1.54, 1.807) is 0 Å². The van der Waals surface area contributed by atoms with E-state index in [-0.39, 0.29) is 12.5 Å². The molecule has 4 heteroatoms. The number of aliphatic carboxylic acids is 1. The van der Waals surface area contributed by atoms with E-state index in [4.69, 9.17) is 5.11 Å². The third-order valence-electron chi connectivity index (χ3n) is 3.20. The first kappa shape index (κ1) is 12.4. The van der Waals surface area contributed by atoms with Gasteiger partial charge in [-0.25, -0.2) is 0 Å². The Balaban J connectivity index is 2.15. The fraction of sp³-hybridized carbons (Fsp3) is 0.462. The normalized spacial score (nSPS) is 20.3. The van der Waals surface area contributed by atoms with Crippen molar-refractivity contribution in [2.45, 2.75) is 31.7 Å². The van der Waals surface area contributed by atoms with E-state index >= 15 is 0 Å². The Morgan fingerprint density at radius 3 is 2.71 bits per heavy atom. The monoisotopic (exact) mass is 297 g/mol. The third kappa shape index (κ3) is 3.22. The second kappa shape index (κ2) is 5.54. The highest BCUT2D eigenvalue weighted by molar-refractivity contribution is 9.10. The molecule has 92 valence electrons. The van der Waals surface area contributed by atoms with Gasteiger partial charge in [0.1, 0.15) is 0 Å². The van der Waals surface area contributed by atoms with Crippen LogP contribution in [0.3, 0.4) is 0 Å². The van der Waals surface area contributed by atoms with Gasteiger partial charge in [0, 0.05) is 22.7 Å². The Kier molecular flexibility index (Phi) is 4.05. The highest BCUT2D eigenvalue weighted by atomic mass is 79.9. The SMILES string of the molecule is O=C(O)CC1CCCCN1c1ccc(Br)cc1. The Morgan fingerprint density at radius 1 is 1.35 bits per heavy atom. The summed E-state index contributed by atoms with van der Waals surface area (Å²) in [5.74, 6) is -0.709. The van der Waals surface area contributed by atoms with Crippen LogP contribution in [0, 0.1) is 0 Å². The quantitative estimate of drug-likeness (QED) is 0.931. The third-order valence-corrected chi connectivity index (χ3v) is 3.72. The summed E-state index contributed by atoms with van der Waals surface area (Å²) in [5.41, 5.74) is 1.12. The number of hydrogen-bond acceptors (Lipinski definition) is 2. The average molecular weight is 298 g/mol. The number of piperidine rings is 1. The number of carbonyl (C=O) groups is 1. The second-order valence-electron chi connectivity index (χ2n) is 4.42. The van der Waals surface area contributed by atoms with Gasteiger partial charge in [-0.1, -0.05) is 15.9 Å². The number of nitrogens with zero attached hydrogens (tertiary/aromatic N) is 1. The number of rotatable bonds is 3. The van der Waals surface area contributed by atoms with Crippen LogP contribution in [0.5, 0.6) is 0 Å². The van der Waals surface area contributed by atoms with E-state index in [9.17, 15) is 4.79 Å². The van der Waals surface area contributed by atoms with Gasteiger partial charge in [-0.3, -0.25) is 4.79 Å². The molecule has 1 aliphatic rings. The number of carboxylic acid groups (broad SMARTS) is 1. The predicted molar refractivity (Wildman–Crippen MR) is 71.4 cm³/mol. The van der Waals surface area contributed by atoms with Crippen LogP contribution in [0.2, 0.25) is 0 Å². The molecular weight excluding hydrogens is 282 g/mol. The van der Waals surface area contributed by atoms with E-state index in [0.29, 0.717) is 0 Å². The zero-order chi connectivity index (χ0) is 12.3. The van der Waals surface area contributed by atoms with Crippen LogP contribution < -0.4 is 4.90 Å². The summed E-state index contributed by atoms with van der Waals surface area (Å²) < 4.78 is 1.05. The summed E-state index contributed by atoms with van der Waals surface area (Å²) in [6, 6.07) is 8.24. The Morgan fingerprint density at radius 2 is 2.06 bits per heavy atom. The predicted octanol–water partition coefficient (Wildman–Crippen LogP) is 3.28. The molecule has 1 heterocycles. The standard InChI is InChI=1S/C13H16BrNO2/c14-10-4-6-11(7-5-10)15-8-2-1-3-12(15)9-13(16)17/h4-7,12H,1-3,8-9H2,(H,16,17). The van der Waals surface area contributed by atoms with Crippen molar-refractivity contribution in [3.63, 3.8) is 0 Å². The largest absolute Gasteiger partial charge is 0.481 e. The summed E-state index contributed by atoms with van der Waals surface area (Å²) >= 11 is 3.41. The van der Waals surface area contributed by atoms with Gasteiger partial charge in [-0.05, 0) is 43.5 Å². The van der Waals surface area contributed by atoms with Gasteiger partial charge in [-0.2, -0.15) is 0 Å². The molecule has 0 aliphatic carbocycles. The average Bonchev–Trinajstić information content (AvgIpc) is 2.30. The lowest BCUT2D eigenvalue weighted by atomic mass is 9.98. The number of hydrogen-bond donors (Lipinski definition) is 1. The highest BCUT2D eigenvalue weighted by Gasteiger charge is 2.24. The molecule has 1 atom stereocenters. The molecule has 0 bridgehead atoms. The molecule has 1 aromatic rings. The zero-order valence-electron chi connectivity index (χ0n) is 9.60. The maximum atomic E-state index is 10.9. The van der Waals surface area contributed by atoms with Crippen molar-refractivity contribution in [2.24, 2.45) is 0 Å². The molecule has 1 aromatic carbocycles. The van der Waals surface area contributed by atoms with Crippen molar-refractivity contribution in [3.8, 4) is 0 Å². The van der Waals surface area contributed by atoms with E-state index in [2.05, 4.69) is 20.8 Å². The molecule has 2 rings (SSSR count). The molecule has 1 N–H and O–H groups in total. The van der Waals surface area contributed by atoms with Crippen LogP contribution in [-0.2, 0) is 4.79 Å². The van der Waals surface area contributed by atoms with E-state index in [1.807, 2.05) is 24.3 Å². The van der Waals surface area contributed by atoms with Crippen molar-refractivity contribution in [1.29, 1.82) is 0 Å². The lowest BCUT2D eigenvalue weighted by Crippen LogP contribution is -2.40. The molecule has 3 nitrogen and oxygen atoms in total. The number of carboxylic acids is 1. The zero-order valence-corrected chi connectivity index (χ0v) is 11.2. The van der Waals surface area contributed by atoms with Gasteiger partial charge in [0.05, 0.1) is 6.42 Å². The van der Waals surface area contributed by atoms with E-state index < -0.39 is 5.97 Å². The molecule has 1 saturated heterocycles.